The van der Waals surface area contributed by atoms with E-state index in [9.17, 15) is 14.9 Å². The Morgan fingerprint density at radius 3 is 2.20 bits per heavy atom. The second-order valence-electron chi connectivity index (χ2n) is 4.41. The molecule has 4 heteroatoms. The summed E-state index contributed by atoms with van der Waals surface area (Å²) in [4.78, 5) is 22.0. The molecule has 0 heterocycles. The van der Waals surface area contributed by atoms with Crippen LogP contribution in [0.1, 0.15) is 21.5 Å². The average Bonchev–Trinajstić information content (AvgIpc) is 2.46. The van der Waals surface area contributed by atoms with E-state index in [2.05, 4.69) is 0 Å². The average molecular weight is 267 g/mol. The van der Waals surface area contributed by atoms with Crippen LogP contribution in [0.4, 0.5) is 5.69 Å². The van der Waals surface area contributed by atoms with Gasteiger partial charge >= 0.3 is 0 Å². The minimum Gasteiger partial charge on any atom is -0.289 e. The fourth-order valence-corrected chi connectivity index (χ4v) is 1.69. The van der Waals surface area contributed by atoms with Crippen LogP contribution in [0.25, 0.3) is 6.08 Å². The second-order valence-corrected chi connectivity index (χ2v) is 4.41. The number of nitro groups is 1. The summed E-state index contributed by atoms with van der Waals surface area (Å²) in [5, 5.41) is 10.5. The van der Waals surface area contributed by atoms with Crippen LogP contribution in [-0.2, 0) is 0 Å². The highest BCUT2D eigenvalue weighted by Gasteiger charge is 2.03. The fraction of sp³-hybridized carbons (Fsp3) is 0.0625. The summed E-state index contributed by atoms with van der Waals surface area (Å²) >= 11 is 0. The van der Waals surface area contributed by atoms with Crippen molar-refractivity contribution in [3.05, 3.63) is 81.4 Å². The van der Waals surface area contributed by atoms with E-state index < -0.39 is 4.92 Å². The lowest BCUT2D eigenvalue weighted by molar-refractivity contribution is -0.384. The number of nitrogens with zero attached hydrogens (tertiary/aromatic N) is 1. The third-order valence-corrected chi connectivity index (χ3v) is 2.87. The van der Waals surface area contributed by atoms with Crippen LogP contribution in [0.2, 0.25) is 0 Å². The van der Waals surface area contributed by atoms with Gasteiger partial charge in [-0.05, 0) is 30.7 Å². The zero-order chi connectivity index (χ0) is 14.5. The molecule has 0 saturated carbocycles. The Morgan fingerprint density at radius 2 is 1.65 bits per heavy atom. The summed E-state index contributed by atoms with van der Waals surface area (Å²) in [6.07, 6.45) is 3.11. The van der Waals surface area contributed by atoms with Gasteiger partial charge in [0, 0.05) is 17.7 Å². The molecule has 0 amide bonds. The van der Waals surface area contributed by atoms with Crippen molar-refractivity contribution in [2.75, 3.05) is 0 Å². The Morgan fingerprint density at radius 1 is 1.05 bits per heavy atom. The molecule has 0 aliphatic rings. The lowest BCUT2D eigenvalue weighted by Crippen LogP contribution is -1.93. The molecule has 0 aliphatic heterocycles. The van der Waals surface area contributed by atoms with Crippen molar-refractivity contribution in [1.29, 1.82) is 0 Å². The Hall–Kier alpha value is -2.75. The molecule has 100 valence electrons. The number of benzene rings is 2. The first kappa shape index (κ1) is 13.7. The van der Waals surface area contributed by atoms with E-state index in [0.717, 1.165) is 11.1 Å². The molecule has 0 saturated heterocycles. The van der Waals surface area contributed by atoms with Gasteiger partial charge < -0.3 is 0 Å². The molecular weight excluding hydrogens is 254 g/mol. The van der Waals surface area contributed by atoms with Crippen molar-refractivity contribution < 1.29 is 9.72 Å². The number of carbonyl (C=O) groups is 1. The highest BCUT2D eigenvalue weighted by molar-refractivity contribution is 6.06. The van der Waals surface area contributed by atoms with Crippen LogP contribution in [-0.4, -0.2) is 10.7 Å². The molecule has 0 N–H and O–H groups in total. The van der Waals surface area contributed by atoms with E-state index in [-0.39, 0.29) is 11.5 Å². The summed E-state index contributed by atoms with van der Waals surface area (Å²) in [5.41, 5.74) is 2.50. The number of nitro benzene ring substituents is 1. The van der Waals surface area contributed by atoms with Crippen LogP contribution in [0.5, 0.6) is 0 Å². The molecule has 0 aliphatic carbocycles. The van der Waals surface area contributed by atoms with E-state index in [4.69, 9.17) is 0 Å². The van der Waals surface area contributed by atoms with Gasteiger partial charge in [0.1, 0.15) is 0 Å². The molecular formula is C16H13NO3. The summed E-state index contributed by atoms with van der Waals surface area (Å²) in [7, 11) is 0. The maximum absolute atomic E-state index is 11.9. The molecule has 0 aromatic heterocycles. The lowest BCUT2D eigenvalue weighted by Gasteiger charge is -1.97. The third-order valence-electron chi connectivity index (χ3n) is 2.87. The molecule has 20 heavy (non-hydrogen) atoms. The number of aryl methyl sites for hydroxylation is 1. The number of allylic oxidation sites excluding steroid dienone is 1. The van der Waals surface area contributed by atoms with Crippen molar-refractivity contribution in [3.8, 4) is 0 Å². The Labute approximate surface area is 116 Å². The van der Waals surface area contributed by atoms with Gasteiger partial charge in [0.25, 0.3) is 5.69 Å². The van der Waals surface area contributed by atoms with Crippen LogP contribution in [0, 0.1) is 17.0 Å². The van der Waals surface area contributed by atoms with E-state index >= 15 is 0 Å². The second kappa shape index (κ2) is 5.93. The number of non-ortho nitro benzene ring substituents is 1. The van der Waals surface area contributed by atoms with Crippen LogP contribution in [0.15, 0.2) is 54.6 Å². The largest absolute Gasteiger partial charge is 0.289 e. The van der Waals surface area contributed by atoms with Crippen LogP contribution < -0.4 is 0 Å². The van der Waals surface area contributed by atoms with Gasteiger partial charge in [-0.1, -0.05) is 35.9 Å². The van der Waals surface area contributed by atoms with E-state index in [1.807, 2.05) is 19.1 Å². The van der Waals surface area contributed by atoms with Gasteiger partial charge in [0.15, 0.2) is 5.78 Å². The molecule has 2 aromatic rings. The smallest absolute Gasteiger partial charge is 0.269 e. The van der Waals surface area contributed by atoms with Crippen molar-refractivity contribution in [2.45, 2.75) is 6.92 Å². The summed E-state index contributed by atoms with van der Waals surface area (Å²) < 4.78 is 0. The lowest BCUT2D eigenvalue weighted by atomic mass is 10.1. The van der Waals surface area contributed by atoms with Crippen LogP contribution in [0.3, 0.4) is 0 Å². The molecule has 0 unspecified atom stereocenters. The molecule has 0 fully saturated rings. The van der Waals surface area contributed by atoms with Crippen molar-refractivity contribution in [1.82, 2.24) is 0 Å². The van der Waals surface area contributed by atoms with E-state index in [1.165, 1.54) is 18.2 Å². The maximum Gasteiger partial charge on any atom is 0.269 e. The standard InChI is InChI=1S/C16H13NO3/c1-12-2-7-14(8-3-12)16(18)11-6-13-4-9-15(10-5-13)17(19)20/h2-11H,1H3/b11-6-. The first-order valence-electron chi connectivity index (χ1n) is 6.10. The zero-order valence-corrected chi connectivity index (χ0v) is 10.9. The van der Waals surface area contributed by atoms with Gasteiger partial charge in [0.2, 0.25) is 0 Å². The number of ketones is 1. The summed E-state index contributed by atoms with van der Waals surface area (Å²) in [6.45, 7) is 1.96. The zero-order valence-electron chi connectivity index (χ0n) is 10.9. The Balaban J connectivity index is 2.10. The van der Waals surface area contributed by atoms with Gasteiger partial charge in [-0.3, -0.25) is 14.9 Å². The molecule has 0 spiro atoms. The Bertz CT molecular complexity index is 655. The first-order valence-corrected chi connectivity index (χ1v) is 6.10. The quantitative estimate of drug-likeness (QED) is 0.366. The van der Waals surface area contributed by atoms with E-state index in [1.54, 1.807) is 30.3 Å². The molecule has 0 bridgehead atoms. The Kier molecular flexibility index (Phi) is 4.05. The SMILES string of the molecule is Cc1ccc(C(=O)/C=C\c2ccc([N+](=O)[O-])cc2)cc1. The summed E-state index contributed by atoms with van der Waals surface area (Å²) in [6, 6.07) is 13.4. The predicted molar refractivity (Wildman–Crippen MR) is 77.6 cm³/mol. The predicted octanol–water partition coefficient (Wildman–Crippen LogP) is 3.80. The highest BCUT2D eigenvalue weighted by Crippen LogP contribution is 2.13. The topological polar surface area (TPSA) is 60.2 Å². The van der Waals surface area contributed by atoms with Crippen molar-refractivity contribution in [3.63, 3.8) is 0 Å². The summed E-state index contributed by atoms with van der Waals surface area (Å²) in [5.74, 6) is -0.0941. The fourth-order valence-electron chi connectivity index (χ4n) is 1.69. The van der Waals surface area contributed by atoms with Crippen molar-refractivity contribution >= 4 is 17.5 Å². The number of carbonyl (C=O) groups excluding carboxylic acids is 1. The minimum atomic E-state index is -0.453. The maximum atomic E-state index is 11.9. The normalized spacial score (nSPS) is 10.7. The van der Waals surface area contributed by atoms with Gasteiger partial charge in [-0.2, -0.15) is 0 Å². The third kappa shape index (κ3) is 3.38. The molecule has 0 atom stereocenters. The molecule has 4 nitrogen and oxygen atoms in total. The number of hydrogen-bond donors (Lipinski definition) is 0. The van der Waals surface area contributed by atoms with Gasteiger partial charge in [0.05, 0.1) is 4.92 Å². The van der Waals surface area contributed by atoms with Crippen LogP contribution >= 0.6 is 0 Å². The highest BCUT2D eigenvalue weighted by atomic mass is 16.6. The van der Waals surface area contributed by atoms with E-state index in [0.29, 0.717) is 5.56 Å². The van der Waals surface area contributed by atoms with Crippen molar-refractivity contribution in [2.24, 2.45) is 0 Å². The molecule has 2 aromatic carbocycles. The molecule has 2 rings (SSSR count). The number of rotatable bonds is 4. The monoisotopic (exact) mass is 267 g/mol. The molecule has 0 radical (unpaired) electrons. The van der Waals surface area contributed by atoms with Gasteiger partial charge in [-0.25, -0.2) is 0 Å². The van der Waals surface area contributed by atoms with Gasteiger partial charge in [-0.15, -0.1) is 0 Å². The first-order chi connectivity index (χ1) is 9.56. The minimum absolute atomic E-state index is 0.0343. The number of hydrogen-bond acceptors (Lipinski definition) is 3.